The van der Waals surface area contributed by atoms with Crippen molar-refractivity contribution in [1.82, 2.24) is 0 Å². The number of methoxy groups -OCH3 is 1. The van der Waals surface area contributed by atoms with Gasteiger partial charge in [0.2, 0.25) is 5.91 Å². The number of benzene rings is 1. The predicted molar refractivity (Wildman–Crippen MR) is 87.6 cm³/mol. The van der Waals surface area contributed by atoms with Crippen LogP contribution >= 0.6 is 0 Å². The lowest BCUT2D eigenvalue weighted by Gasteiger charge is -2.55. The van der Waals surface area contributed by atoms with Crippen LogP contribution in [0.2, 0.25) is 0 Å². The van der Waals surface area contributed by atoms with Crippen molar-refractivity contribution in [3.05, 3.63) is 23.8 Å². The van der Waals surface area contributed by atoms with E-state index in [-0.39, 0.29) is 11.3 Å². The molecule has 4 nitrogen and oxygen atoms in total. The Morgan fingerprint density at radius 1 is 1.17 bits per heavy atom. The molecule has 1 aromatic rings. The maximum absolute atomic E-state index is 13.1. The standard InChI is InChI=1S/C19H23NO3/c1-23-17-3-2-12(11-21)7-16(17)20-18(22)19-8-13-4-14(9-19)6-15(5-13)10-19/h2-3,7,11,13-15H,4-6,8-10H2,1H3,(H,20,22). The van der Waals surface area contributed by atoms with Gasteiger partial charge < -0.3 is 10.1 Å². The van der Waals surface area contributed by atoms with E-state index < -0.39 is 0 Å². The van der Waals surface area contributed by atoms with Crippen molar-refractivity contribution in [2.24, 2.45) is 23.2 Å². The molecule has 0 aromatic heterocycles. The zero-order valence-corrected chi connectivity index (χ0v) is 13.5. The number of anilines is 1. The smallest absolute Gasteiger partial charge is 0.230 e. The van der Waals surface area contributed by atoms with Crippen LogP contribution in [0.3, 0.4) is 0 Å². The SMILES string of the molecule is COc1ccc(C=O)cc1NC(=O)C12CC3CC(CC(C3)C1)C2. The first kappa shape index (κ1) is 14.7. The summed E-state index contributed by atoms with van der Waals surface area (Å²) in [6.45, 7) is 0. The van der Waals surface area contributed by atoms with Crippen molar-refractivity contribution in [2.75, 3.05) is 12.4 Å². The van der Waals surface area contributed by atoms with E-state index in [1.165, 1.54) is 19.3 Å². The van der Waals surface area contributed by atoms with Crippen LogP contribution in [-0.4, -0.2) is 19.3 Å². The summed E-state index contributed by atoms with van der Waals surface area (Å²) >= 11 is 0. The minimum Gasteiger partial charge on any atom is -0.495 e. The van der Waals surface area contributed by atoms with Crippen molar-refractivity contribution in [3.63, 3.8) is 0 Å². The third-order valence-electron chi connectivity index (χ3n) is 6.13. The van der Waals surface area contributed by atoms with Gasteiger partial charge in [-0.25, -0.2) is 0 Å². The van der Waals surface area contributed by atoms with Gasteiger partial charge in [0.1, 0.15) is 12.0 Å². The molecule has 0 unspecified atom stereocenters. The Morgan fingerprint density at radius 2 is 1.78 bits per heavy atom. The fourth-order valence-electron chi connectivity index (χ4n) is 5.54. The van der Waals surface area contributed by atoms with Crippen LogP contribution in [0.15, 0.2) is 18.2 Å². The molecule has 122 valence electrons. The molecular weight excluding hydrogens is 290 g/mol. The molecule has 4 bridgehead atoms. The van der Waals surface area contributed by atoms with Crippen LogP contribution in [0, 0.1) is 23.2 Å². The number of aldehydes is 1. The van der Waals surface area contributed by atoms with Gasteiger partial charge in [0.15, 0.2) is 0 Å². The lowest BCUT2D eigenvalue weighted by molar-refractivity contribution is -0.140. The average molecular weight is 313 g/mol. The van der Waals surface area contributed by atoms with Crippen LogP contribution in [-0.2, 0) is 4.79 Å². The highest BCUT2D eigenvalue weighted by Crippen LogP contribution is 2.60. The zero-order chi connectivity index (χ0) is 16.0. The molecular formula is C19H23NO3. The summed E-state index contributed by atoms with van der Waals surface area (Å²) in [5.41, 5.74) is 0.959. The molecule has 0 aliphatic heterocycles. The van der Waals surface area contributed by atoms with Gasteiger partial charge in [-0.1, -0.05) is 0 Å². The lowest BCUT2D eigenvalue weighted by atomic mass is 9.49. The molecule has 0 heterocycles. The third kappa shape index (κ3) is 2.44. The summed E-state index contributed by atoms with van der Waals surface area (Å²) in [4.78, 5) is 24.1. The molecule has 0 radical (unpaired) electrons. The third-order valence-corrected chi connectivity index (χ3v) is 6.13. The van der Waals surface area contributed by atoms with Crippen molar-refractivity contribution in [1.29, 1.82) is 0 Å². The van der Waals surface area contributed by atoms with E-state index >= 15 is 0 Å². The molecule has 4 aliphatic carbocycles. The summed E-state index contributed by atoms with van der Waals surface area (Å²) < 4.78 is 5.33. The fourth-order valence-corrected chi connectivity index (χ4v) is 5.54. The maximum atomic E-state index is 13.1. The maximum Gasteiger partial charge on any atom is 0.230 e. The highest BCUT2D eigenvalue weighted by Gasteiger charge is 2.54. The van der Waals surface area contributed by atoms with E-state index in [4.69, 9.17) is 4.74 Å². The monoisotopic (exact) mass is 313 g/mol. The number of hydrogen-bond acceptors (Lipinski definition) is 3. The molecule has 1 amide bonds. The van der Waals surface area contributed by atoms with E-state index in [1.54, 1.807) is 25.3 Å². The minimum absolute atomic E-state index is 0.123. The van der Waals surface area contributed by atoms with Crippen LogP contribution < -0.4 is 10.1 Å². The first-order chi connectivity index (χ1) is 11.1. The van der Waals surface area contributed by atoms with Gasteiger partial charge >= 0.3 is 0 Å². The number of ether oxygens (including phenoxy) is 1. The van der Waals surface area contributed by atoms with Crippen LogP contribution in [0.5, 0.6) is 5.75 Å². The second-order valence-electron chi connectivity index (χ2n) is 7.73. The Kier molecular flexibility index (Phi) is 3.43. The average Bonchev–Trinajstić information content (AvgIpc) is 2.53. The van der Waals surface area contributed by atoms with Crippen molar-refractivity contribution in [2.45, 2.75) is 38.5 Å². The summed E-state index contributed by atoms with van der Waals surface area (Å²) in [5, 5.41) is 3.07. The topological polar surface area (TPSA) is 55.4 Å². The van der Waals surface area contributed by atoms with Crippen molar-refractivity contribution in [3.8, 4) is 5.75 Å². The van der Waals surface area contributed by atoms with Crippen molar-refractivity contribution < 1.29 is 14.3 Å². The van der Waals surface area contributed by atoms with Crippen LogP contribution in [0.25, 0.3) is 0 Å². The molecule has 0 saturated heterocycles. The fraction of sp³-hybridized carbons (Fsp3) is 0.579. The Bertz CT molecular complexity index is 617. The van der Waals surface area contributed by atoms with Crippen LogP contribution in [0.1, 0.15) is 48.9 Å². The molecule has 5 rings (SSSR count). The summed E-state index contributed by atoms with van der Waals surface area (Å²) in [7, 11) is 1.58. The number of amides is 1. The highest BCUT2D eigenvalue weighted by atomic mass is 16.5. The van der Waals surface area contributed by atoms with Gasteiger partial charge in [0, 0.05) is 5.56 Å². The van der Waals surface area contributed by atoms with E-state index in [0.717, 1.165) is 43.3 Å². The summed E-state index contributed by atoms with van der Waals surface area (Å²) in [5.74, 6) is 2.92. The lowest BCUT2D eigenvalue weighted by Crippen LogP contribution is -2.51. The summed E-state index contributed by atoms with van der Waals surface area (Å²) in [6.07, 6.45) is 7.82. The minimum atomic E-state index is -0.197. The Labute approximate surface area is 136 Å². The summed E-state index contributed by atoms with van der Waals surface area (Å²) in [6, 6.07) is 5.13. The van der Waals surface area contributed by atoms with Gasteiger partial charge in [-0.2, -0.15) is 0 Å². The Morgan fingerprint density at radius 3 is 2.30 bits per heavy atom. The highest BCUT2D eigenvalue weighted by molar-refractivity contribution is 5.97. The number of rotatable bonds is 4. The number of nitrogens with one attached hydrogen (secondary N) is 1. The van der Waals surface area contributed by atoms with Gasteiger partial charge in [-0.3, -0.25) is 9.59 Å². The number of carbonyl (C=O) groups excluding carboxylic acids is 2. The first-order valence-electron chi connectivity index (χ1n) is 8.56. The van der Waals surface area contributed by atoms with Gasteiger partial charge in [0.25, 0.3) is 0 Å². The molecule has 4 saturated carbocycles. The van der Waals surface area contributed by atoms with E-state index in [9.17, 15) is 9.59 Å². The Balaban J connectivity index is 1.60. The first-order valence-corrected chi connectivity index (χ1v) is 8.56. The molecule has 4 aliphatic rings. The second kappa shape index (κ2) is 5.36. The number of carbonyl (C=O) groups is 2. The number of hydrogen-bond donors (Lipinski definition) is 1. The second-order valence-corrected chi connectivity index (χ2v) is 7.73. The molecule has 1 aromatic carbocycles. The molecule has 0 spiro atoms. The van der Waals surface area contributed by atoms with E-state index in [2.05, 4.69) is 5.32 Å². The molecule has 1 N–H and O–H groups in total. The molecule has 0 atom stereocenters. The van der Waals surface area contributed by atoms with Gasteiger partial charge in [0.05, 0.1) is 18.2 Å². The van der Waals surface area contributed by atoms with Gasteiger partial charge in [-0.15, -0.1) is 0 Å². The quantitative estimate of drug-likeness (QED) is 0.863. The van der Waals surface area contributed by atoms with Crippen LogP contribution in [0.4, 0.5) is 5.69 Å². The molecule has 4 fully saturated rings. The Hall–Kier alpha value is -1.84. The van der Waals surface area contributed by atoms with E-state index in [0.29, 0.717) is 17.0 Å². The van der Waals surface area contributed by atoms with Gasteiger partial charge in [-0.05, 0) is 74.5 Å². The van der Waals surface area contributed by atoms with Crippen molar-refractivity contribution >= 4 is 17.9 Å². The predicted octanol–water partition coefficient (Wildman–Crippen LogP) is 3.66. The largest absolute Gasteiger partial charge is 0.495 e. The van der Waals surface area contributed by atoms with E-state index in [1.807, 2.05) is 0 Å². The molecule has 23 heavy (non-hydrogen) atoms. The molecule has 4 heteroatoms. The normalized spacial score (nSPS) is 34.2. The zero-order valence-electron chi connectivity index (χ0n) is 13.5.